The molecule has 1 amide bonds. The van der Waals surface area contributed by atoms with Crippen LogP contribution in [0.3, 0.4) is 0 Å². The fourth-order valence-electron chi connectivity index (χ4n) is 4.04. The Morgan fingerprint density at radius 3 is 2.50 bits per heavy atom. The van der Waals surface area contributed by atoms with Gasteiger partial charge in [0.2, 0.25) is 0 Å². The summed E-state index contributed by atoms with van der Waals surface area (Å²) in [5, 5.41) is 4.64. The standard InChI is InChI=1S/C17H16BrClFN3O/c18-11-8-21-22(9-11)16-6-14-1-2-15(7-16)23(14)17(24)10-3-12(19)5-13(20)4-10/h3-5,8-9,14-16H,1-2,6-7H2. The van der Waals surface area contributed by atoms with E-state index in [1.807, 2.05) is 15.8 Å². The van der Waals surface area contributed by atoms with E-state index in [1.165, 1.54) is 12.1 Å². The van der Waals surface area contributed by atoms with E-state index in [-0.39, 0.29) is 23.0 Å². The van der Waals surface area contributed by atoms with Crippen molar-refractivity contribution in [2.24, 2.45) is 0 Å². The van der Waals surface area contributed by atoms with Crippen LogP contribution >= 0.6 is 27.5 Å². The minimum atomic E-state index is -0.477. The lowest BCUT2D eigenvalue weighted by Gasteiger charge is -2.39. The quantitative estimate of drug-likeness (QED) is 0.731. The molecular formula is C17H16BrClFN3O. The molecule has 3 heterocycles. The van der Waals surface area contributed by atoms with E-state index in [0.717, 1.165) is 30.2 Å². The molecule has 4 nitrogen and oxygen atoms in total. The van der Waals surface area contributed by atoms with E-state index in [2.05, 4.69) is 21.0 Å². The highest BCUT2D eigenvalue weighted by atomic mass is 79.9. The van der Waals surface area contributed by atoms with E-state index in [1.54, 1.807) is 12.3 Å². The van der Waals surface area contributed by atoms with Gasteiger partial charge in [-0.1, -0.05) is 11.6 Å². The van der Waals surface area contributed by atoms with Gasteiger partial charge >= 0.3 is 0 Å². The van der Waals surface area contributed by atoms with Gasteiger partial charge in [-0.05, 0) is 59.8 Å². The highest BCUT2D eigenvalue weighted by molar-refractivity contribution is 9.10. The van der Waals surface area contributed by atoms with Crippen molar-refractivity contribution in [2.45, 2.75) is 43.8 Å². The molecule has 2 saturated heterocycles. The molecule has 2 aliphatic heterocycles. The molecule has 2 aliphatic rings. The fourth-order valence-corrected chi connectivity index (χ4v) is 4.56. The normalized spacial score (nSPS) is 26.0. The first-order valence-corrected chi connectivity index (χ1v) is 9.17. The van der Waals surface area contributed by atoms with Gasteiger partial charge in [0.15, 0.2) is 0 Å². The first-order valence-electron chi connectivity index (χ1n) is 7.99. The number of rotatable bonds is 2. The molecule has 1 aromatic carbocycles. The first-order chi connectivity index (χ1) is 11.5. The Hall–Kier alpha value is -1.40. The van der Waals surface area contributed by atoms with Crippen LogP contribution < -0.4 is 0 Å². The zero-order valence-electron chi connectivity index (χ0n) is 12.8. The minimum absolute atomic E-state index is 0.121. The maximum Gasteiger partial charge on any atom is 0.254 e. The monoisotopic (exact) mass is 411 g/mol. The van der Waals surface area contributed by atoms with Gasteiger partial charge in [0, 0.05) is 28.9 Å². The van der Waals surface area contributed by atoms with E-state index in [4.69, 9.17) is 11.6 Å². The fraction of sp³-hybridized carbons (Fsp3) is 0.412. The summed E-state index contributed by atoms with van der Waals surface area (Å²) in [6.45, 7) is 0. The van der Waals surface area contributed by atoms with Gasteiger partial charge in [-0.2, -0.15) is 5.10 Å². The van der Waals surface area contributed by atoms with Gasteiger partial charge in [0.1, 0.15) is 5.82 Å². The summed E-state index contributed by atoms with van der Waals surface area (Å²) in [4.78, 5) is 14.8. The van der Waals surface area contributed by atoms with E-state index in [0.29, 0.717) is 11.6 Å². The number of nitrogens with zero attached hydrogens (tertiary/aromatic N) is 3. The number of benzene rings is 1. The predicted octanol–water partition coefficient (Wildman–Crippen LogP) is 4.45. The summed E-state index contributed by atoms with van der Waals surface area (Å²) in [6, 6.07) is 4.67. The maximum atomic E-state index is 13.6. The van der Waals surface area contributed by atoms with Crippen molar-refractivity contribution in [3.63, 3.8) is 0 Å². The van der Waals surface area contributed by atoms with Crippen molar-refractivity contribution in [3.8, 4) is 0 Å². The summed E-state index contributed by atoms with van der Waals surface area (Å²) in [6.07, 6.45) is 7.48. The van der Waals surface area contributed by atoms with E-state index in [9.17, 15) is 9.18 Å². The topological polar surface area (TPSA) is 38.1 Å². The molecule has 1 aromatic heterocycles. The molecule has 24 heavy (non-hydrogen) atoms. The smallest absolute Gasteiger partial charge is 0.254 e. The van der Waals surface area contributed by atoms with Crippen LogP contribution in [0.5, 0.6) is 0 Å². The molecule has 2 bridgehead atoms. The first kappa shape index (κ1) is 16.1. The van der Waals surface area contributed by atoms with Crippen LogP contribution in [-0.2, 0) is 0 Å². The predicted molar refractivity (Wildman–Crippen MR) is 92.6 cm³/mol. The van der Waals surface area contributed by atoms with Gasteiger partial charge in [-0.3, -0.25) is 9.48 Å². The molecule has 0 aliphatic carbocycles. The van der Waals surface area contributed by atoms with Gasteiger partial charge in [-0.15, -0.1) is 0 Å². The number of piperidine rings is 1. The Kier molecular flexibility index (Phi) is 4.12. The van der Waals surface area contributed by atoms with Gasteiger partial charge in [0.05, 0.1) is 16.7 Å². The van der Waals surface area contributed by atoms with Crippen LogP contribution in [0.25, 0.3) is 0 Å². The summed E-state index contributed by atoms with van der Waals surface area (Å²) in [7, 11) is 0. The van der Waals surface area contributed by atoms with Gasteiger partial charge in [-0.25, -0.2) is 4.39 Å². The Balaban J connectivity index is 1.57. The van der Waals surface area contributed by atoms with Crippen LogP contribution in [0.4, 0.5) is 4.39 Å². The number of aromatic nitrogens is 2. The Labute approximate surface area is 152 Å². The molecule has 7 heteroatoms. The molecule has 2 aromatic rings. The van der Waals surface area contributed by atoms with E-state index < -0.39 is 5.82 Å². The van der Waals surface area contributed by atoms with Crippen molar-refractivity contribution in [1.82, 2.24) is 14.7 Å². The molecule has 0 N–H and O–H groups in total. The average Bonchev–Trinajstić information content (AvgIpc) is 3.07. The summed E-state index contributed by atoms with van der Waals surface area (Å²) < 4.78 is 16.5. The second-order valence-electron chi connectivity index (χ2n) is 6.52. The van der Waals surface area contributed by atoms with Crippen LogP contribution in [0.1, 0.15) is 42.1 Å². The van der Waals surface area contributed by atoms with Crippen LogP contribution in [0, 0.1) is 5.82 Å². The average molecular weight is 413 g/mol. The van der Waals surface area contributed by atoms with Crippen LogP contribution in [0.15, 0.2) is 35.1 Å². The number of hydrogen-bond acceptors (Lipinski definition) is 2. The lowest BCUT2D eigenvalue weighted by molar-refractivity contribution is 0.0523. The summed E-state index contributed by atoms with van der Waals surface area (Å²) in [5.74, 6) is -0.599. The van der Waals surface area contributed by atoms with Gasteiger partial charge < -0.3 is 4.90 Å². The SMILES string of the molecule is O=C(c1cc(F)cc(Cl)c1)N1C2CCC1CC(n1cc(Br)cn1)C2. The third kappa shape index (κ3) is 2.86. The number of amides is 1. The van der Waals surface area contributed by atoms with Crippen molar-refractivity contribution >= 4 is 33.4 Å². The second-order valence-corrected chi connectivity index (χ2v) is 7.87. The van der Waals surface area contributed by atoms with Crippen molar-refractivity contribution in [3.05, 3.63) is 51.5 Å². The zero-order valence-corrected chi connectivity index (χ0v) is 15.2. The van der Waals surface area contributed by atoms with Crippen molar-refractivity contribution in [2.75, 3.05) is 0 Å². The number of fused-ring (bicyclic) bond motifs is 2. The summed E-state index contributed by atoms with van der Waals surface area (Å²) in [5.41, 5.74) is 0.331. The zero-order chi connectivity index (χ0) is 16.8. The Bertz CT molecular complexity index is 762. The number of carbonyl (C=O) groups is 1. The molecular weight excluding hydrogens is 397 g/mol. The summed E-state index contributed by atoms with van der Waals surface area (Å²) >= 11 is 9.33. The van der Waals surface area contributed by atoms with Gasteiger partial charge in [0.25, 0.3) is 5.91 Å². The number of carbonyl (C=O) groups excluding carboxylic acids is 1. The number of hydrogen-bond donors (Lipinski definition) is 0. The molecule has 0 radical (unpaired) electrons. The second kappa shape index (κ2) is 6.15. The largest absolute Gasteiger partial charge is 0.333 e. The van der Waals surface area contributed by atoms with Crippen molar-refractivity contribution < 1.29 is 9.18 Å². The molecule has 2 fully saturated rings. The molecule has 0 spiro atoms. The molecule has 2 atom stereocenters. The maximum absolute atomic E-state index is 13.6. The Morgan fingerprint density at radius 2 is 1.92 bits per heavy atom. The molecule has 4 rings (SSSR count). The van der Waals surface area contributed by atoms with Crippen molar-refractivity contribution in [1.29, 1.82) is 0 Å². The lowest BCUT2D eigenvalue weighted by Crippen LogP contribution is -2.47. The highest BCUT2D eigenvalue weighted by Crippen LogP contribution is 2.41. The number of halogens is 3. The third-order valence-corrected chi connectivity index (χ3v) is 5.62. The third-order valence-electron chi connectivity index (χ3n) is 5.00. The molecule has 0 saturated carbocycles. The highest BCUT2D eigenvalue weighted by Gasteiger charge is 2.44. The van der Waals surface area contributed by atoms with Crippen LogP contribution in [-0.4, -0.2) is 32.7 Å². The minimum Gasteiger partial charge on any atom is -0.333 e. The molecule has 126 valence electrons. The molecule has 2 unspecified atom stereocenters. The lowest BCUT2D eigenvalue weighted by atomic mass is 9.96. The Morgan fingerprint density at radius 1 is 1.21 bits per heavy atom. The van der Waals surface area contributed by atoms with E-state index >= 15 is 0 Å². The van der Waals surface area contributed by atoms with Crippen LogP contribution in [0.2, 0.25) is 5.02 Å².